The molecule has 0 saturated carbocycles. The lowest BCUT2D eigenvalue weighted by atomic mass is 10.0. The smallest absolute Gasteiger partial charge is 0.326 e. The number of nitrogens with two attached hydrogens (primary N) is 1. The molecule has 1 aromatic heterocycles. The van der Waals surface area contributed by atoms with Crippen molar-refractivity contribution in [2.75, 3.05) is 17.8 Å². The topological polar surface area (TPSA) is 187 Å². The molecular formula is C23H33N5O6S2. The largest absolute Gasteiger partial charge is 0.480 e. The van der Waals surface area contributed by atoms with E-state index in [1.807, 2.05) is 24.3 Å². The van der Waals surface area contributed by atoms with Crippen LogP contribution in [0, 0.1) is 0 Å². The third kappa shape index (κ3) is 8.15. The van der Waals surface area contributed by atoms with Gasteiger partial charge in [0, 0.05) is 29.3 Å². The van der Waals surface area contributed by atoms with E-state index in [2.05, 4.69) is 33.6 Å². The summed E-state index contributed by atoms with van der Waals surface area (Å²) < 4.78 is 0. The number of benzene rings is 1. The fraction of sp³-hybridized carbons (Fsp3) is 0.478. The second kappa shape index (κ2) is 14.1. The van der Waals surface area contributed by atoms with Crippen LogP contribution in [0.25, 0.3) is 10.9 Å². The highest BCUT2D eigenvalue weighted by atomic mass is 32.2. The molecule has 0 aliphatic rings. The summed E-state index contributed by atoms with van der Waals surface area (Å²) in [6, 6.07) is 2.70. The number of carbonyl (C=O) groups excluding carboxylic acids is 3. The van der Waals surface area contributed by atoms with Crippen molar-refractivity contribution in [3.63, 3.8) is 0 Å². The molecule has 0 bridgehead atoms. The van der Waals surface area contributed by atoms with Crippen molar-refractivity contribution in [3.8, 4) is 0 Å². The monoisotopic (exact) mass is 539 g/mol. The molecule has 5 unspecified atom stereocenters. The molecule has 2 rings (SSSR count). The number of thiol groups is 1. The summed E-state index contributed by atoms with van der Waals surface area (Å²) in [7, 11) is 0. The van der Waals surface area contributed by atoms with Gasteiger partial charge in [0.05, 0.1) is 12.1 Å². The van der Waals surface area contributed by atoms with E-state index < -0.39 is 54.0 Å². The molecule has 0 aliphatic carbocycles. The van der Waals surface area contributed by atoms with Crippen LogP contribution in [0.3, 0.4) is 0 Å². The fourth-order valence-corrected chi connectivity index (χ4v) is 4.14. The first kappa shape index (κ1) is 29.5. The van der Waals surface area contributed by atoms with E-state index in [0.717, 1.165) is 16.5 Å². The Morgan fingerprint density at radius 3 is 2.36 bits per heavy atom. The van der Waals surface area contributed by atoms with Gasteiger partial charge in [-0.05, 0) is 37.0 Å². The van der Waals surface area contributed by atoms with Crippen molar-refractivity contribution >= 4 is 59.0 Å². The zero-order valence-corrected chi connectivity index (χ0v) is 21.8. The Morgan fingerprint density at radius 1 is 1.08 bits per heavy atom. The average Bonchev–Trinajstić information content (AvgIpc) is 3.26. The molecule has 3 amide bonds. The number of aliphatic carboxylic acids is 1. The fourth-order valence-electron chi connectivity index (χ4n) is 3.51. The minimum Gasteiger partial charge on any atom is -0.480 e. The maximum atomic E-state index is 13.3. The summed E-state index contributed by atoms with van der Waals surface area (Å²) in [6.07, 6.45) is 2.43. The standard InChI is InChI=1S/C23H33N5O6S2/c1-12(29)19(22(32)26-17(23(33)34)7-8-36-2)28-21(31)18(27-20(30)15(24)11-35)9-13-10-25-16-6-4-3-5-14(13)16/h3-6,10,12,15,17-19,25,29,35H,7-9,11,24H2,1-2H3,(H,26,32)(H,27,30)(H,28,31)(H,33,34). The first-order valence-corrected chi connectivity index (χ1v) is 13.3. The van der Waals surface area contributed by atoms with Crippen LogP contribution < -0.4 is 21.7 Å². The summed E-state index contributed by atoms with van der Waals surface area (Å²) in [5, 5.41) is 27.9. The summed E-state index contributed by atoms with van der Waals surface area (Å²) >= 11 is 5.45. The number of hydrogen-bond donors (Lipinski definition) is 8. The number of aliphatic hydroxyl groups excluding tert-OH is 1. The molecule has 11 nitrogen and oxygen atoms in total. The molecule has 5 atom stereocenters. The van der Waals surface area contributed by atoms with Gasteiger partial charge in [-0.3, -0.25) is 14.4 Å². The Balaban J connectivity index is 2.25. The molecule has 198 valence electrons. The molecule has 0 radical (unpaired) electrons. The minimum atomic E-state index is -1.45. The summed E-state index contributed by atoms with van der Waals surface area (Å²) in [5.41, 5.74) is 7.35. The number of rotatable bonds is 14. The lowest BCUT2D eigenvalue weighted by molar-refractivity contribution is -0.143. The van der Waals surface area contributed by atoms with Gasteiger partial charge in [0.15, 0.2) is 0 Å². The molecule has 0 spiro atoms. The van der Waals surface area contributed by atoms with Gasteiger partial charge in [-0.15, -0.1) is 0 Å². The zero-order valence-electron chi connectivity index (χ0n) is 20.1. The molecule has 1 heterocycles. The van der Waals surface area contributed by atoms with Gasteiger partial charge >= 0.3 is 5.97 Å². The number of carbonyl (C=O) groups is 4. The van der Waals surface area contributed by atoms with E-state index in [-0.39, 0.29) is 18.6 Å². The number of fused-ring (bicyclic) bond motifs is 1. The molecule has 0 saturated heterocycles. The number of H-pyrrole nitrogens is 1. The maximum absolute atomic E-state index is 13.3. The molecule has 8 N–H and O–H groups in total. The first-order valence-electron chi connectivity index (χ1n) is 11.3. The van der Waals surface area contributed by atoms with Gasteiger partial charge in [-0.2, -0.15) is 24.4 Å². The highest BCUT2D eigenvalue weighted by molar-refractivity contribution is 7.98. The van der Waals surface area contributed by atoms with Crippen LogP contribution in [-0.4, -0.2) is 86.9 Å². The van der Waals surface area contributed by atoms with Crippen molar-refractivity contribution in [2.45, 2.75) is 50.0 Å². The number of amides is 3. The second-order valence-electron chi connectivity index (χ2n) is 8.32. The van der Waals surface area contributed by atoms with Crippen molar-refractivity contribution in [2.24, 2.45) is 5.73 Å². The molecule has 1 aromatic carbocycles. The summed E-state index contributed by atoms with van der Waals surface area (Å²) in [4.78, 5) is 53.2. The Hall–Kier alpha value is -2.74. The maximum Gasteiger partial charge on any atom is 0.326 e. The number of hydrogen-bond acceptors (Lipinski definition) is 8. The quantitative estimate of drug-likeness (QED) is 0.150. The SMILES string of the molecule is CSCCC(NC(=O)C(NC(=O)C(Cc1c[nH]c2ccccc12)NC(=O)C(N)CS)C(C)O)C(=O)O. The van der Waals surface area contributed by atoms with E-state index in [1.165, 1.54) is 18.7 Å². The number of carboxylic acid groups (broad SMARTS) is 1. The van der Waals surface area contributed by atoms with Gasteiger partial charge in [-0.25, -0.2) is 4.79 Å². The van der Waals surface area contributed by atoms with Crippen LogP contribution in [0.1, 0.15) is 18.9 Å². The molecule has 2 aromatic rings. The van der Waals surface area contributed by atoms with Gasteiger partial charge in [-0.1, -0.05) is 18.2 Å². The minimum absolute atomic E-state index is 0.0542. The van der Waals surface area contributed by atoms with Crippen LogP contribution in [0.5, 0.6) is 0 Å². The van der Waals surface area contributed by atoms with Crippen LogP contribution in [0.4, 0.5) is 0 Å². The number of thioether (sulfide) groups is 1. The van der Waals surface area contributed by atoms with E-state index in [1.54, 1.807) is 12.5 Å². The van der Waals surface area contributed by atoms with Crippen LogP contribution >= 0.6 is 24.4 Å². The predicted octanol–water partition coefficient (Wildman–Crippen LogP) is -0.360. The van der Waals surface area contributed by atoms with Gasteiger partial charge in [0.1, 0.15) is 18.1 Å². The van der Waals surface area contributed by atoms with E-state index in [4.69, 9.17) is 5.73 Å². The van der Waals surface area contributed by atoms with E-state index >= 15 is 0 Å². The van der Waals surface area contributed by atoms with Gasteiger partial charge < -0.3 is 36.9 Å². The molecule has 0 aliphatic heterocycles. The molecule has 36 heavy (non-hydrogen) atoms. The van der Waals surface area contributed by atoms with Gasteiger partial charge in [0.25, 0.3) is 0 Å². The Labute approximate surface area is 218 Å². The van der Waals surface area contributed by atoms with Crippen molar-refractivity contribution in [3.05, 3.63) is 36.0 Å². The number of aromatic nitrogens is 1. The first-order chi connectivity index (χ1) is 17.1. The molecule has 0 fully saturated rings. The van der Waals surface area contributed by atoms with E-state index in [9.17, 15) is 29.4 Å². The summed E-state index contributed by atoms with van der Waals surface area (Å²) in [5.74, 6) is -2.87. The van der Waals surface area contributed by atoms with Crippen LogP contribution in [-0.2, 0) is 25.6 Å². The summed E-state index contributed by atoms with van der Waals surface area (Å²) in [6.45, 7) is 1.30. The highest BCUT2D eigenvalue weighted by Crippen LogP contribution is 2.19. The zero-order chi connectivity index (χ0) is 26.8. The average molecular weight is 540 g/mol. The predicted molar refractivity (Wildman–Crippen MR) is 142 cm³/mol. The van der Waals surface area contributed by atoms with Crippen LogP contribution in [0.2, 0.25) is 0 Å². The lowest BCUT2D eigenvalue weighted by Crippen LogP contribution is -2.60. The second-order valence-corrected chi connectivity index (χ2v) is 9.67. The number of aromatic amines is 1. The number of para-hydroxylation sites is 1. The molecular weight excluding hydrogens is 506 g/mol. The van der Waals surface area contributed by atoms with Crippen molar-refractivity contribution in [1.29, 1.82) is 0 Å². The normalized spacial score (nSPS) is 15.4. The van der Waals surface area contributed by atoms with Gasteiger partial charge in [0.2, 0.25) is 17.7 Å². The number of carboxylic acids is 1. The third-order valence-electron chi connectivity index (χ3n) is 5.55. The number of aliphatic hydroxyl groups is 1. The number of nitrogens with one attached hydrogen (secondary N) is 4. The highest BCUT2D eigenvalue weighted by Gasteiger charge is 2.33. The Bertz CT molecular complexity index is 1060. The van der Waals surface area contributed by atoms with Crippen LogP contribution in [0.15, 0.2) is 30.5 Å². The van der Waals surface area contributed by atoms with E-state index in [0.29, 0.717) is 5.75 Å². The Morgan fingerprint density at radius 2 is 1.75 bits per heavy atom. The van der Waals surface area contributed by atoms with Crippen molar-refractivity contribution < 1.29 is 29.4 Å². The lowest BCUT2D eigenvalue weighted by Gasteiger charge is -2.26. The Kier molecular flexibility index (Phi) is 11.6. The molecule has 13 heteroatoms. The third-order valence-corrected chi connectivity index (χ3v) is 6.59. The van der Waals surface area contributed by atoms with Crippen molar-refractivity contribution in [1.82, 2.24) is 20.9 Å².